The van der Waals surface area contributed by atoms with Crippen LogP contribution in [0.4, 0.5) is 5.69 Å². The summed E-state index contributed by atoms with van der Waals surface area (Å²) >= 11 is 6.15. The van der Waals surface area contributed by atoms with Gasteiger partial charge in [-0.25, -0.2) is 0 Å². The SMILES string of the molecule is Cl.O=[N+]([O-])c1ccc(-c2noc(CN3CCNCC3c3cccc(Cl)c3)n2)cc1. The maximum absolute atomic E-state index is 10.8. The van der Waals surface area contributed by atoms with Gasteiger partial charge in [0.15, 0.2) is 0 Å². The van der Waals surface area contributed by atoms with Crippen molar-refractivity contribution < 1.29 is 9.45 Å². The predicted molar refractivity (Wildman–Crippen MR) is 111 cm³/mol. The van der Waals surface area contributed by atoms with Gasteiger partial charge in [-0.2, -0.15) is 4.98 Å². The van der Waals surface area contributed by atoms with E-state index in [2.05, 4.69) is 26.4 Å². The molecule has 0 aliphatic carbocycles. The van der Waals surface area contributed by atoms with Crippen molar-refractivity contribution in [2.45, 2.75) is 12.6 Å². The molecule has 1 aromatic heterocycles. The Morgan fingerprint density at radius 2 is 2.07 bits per heavy atom. The quantitative estimate of drug-likeness (QED) is 0.479. The number of rotatable bonds is 5. The third kappa shape index (κ3) is 4.91. The van der Waals surface area contributed by atoms with E-state index in [-0.39, 0.29) is 24.1 Å². The molecule has 1 aliphatic heterocycles. The molecule has 10 heteroatoms. The van der Waals surface area contributed by atoms with Crippen LogP contribution in [0.1, 0.15) is 17.5 Å². The average Bonchev–Trinajstić information content (AvgIpc) is 3.17. The van der Waals surface area contributed by atoms with Crippen LogP contribution in [0.5, 0.6) is 0 Å². The Morgan fingerprint density at radius 1 is 1.28 bits per heavy atom. The van der Waals surface area contributed by atoms with E-state index in [9.17, 15) is 10.1 Å². The Balaban J connectivity index is 0.00000240. The molecule has 3 aromatic rings. The molecule has 1 aliphatic rings. The van der Waals surface area contributed by atoms with Gasteiger partial charge in [0.2, 0.25) is 11.7 Å². The van der Waals surface area contributed by atoms with Crippen molar-refractivity contribution in [3.05, 3.63) is 75.1 Å². The fourth-order valence-electron chi connectivity index (χ4n) is 3.32. The van der Waals surface area contributed by atoms with Crippen molar-refractivity contribution in [3.63, 3.8) is 0 Å². The zero-order valence-electron chi connectivity index (χ0n) is 15.3. The lowest BCUT2D eigenvalue weighted by atomic mass is 10.0. The van der Waals surface area contributed by atoms with Crippen molar-refractivity contribution in [3.8, 4) is 11.4 Å². The predicted octanol–water partition coefficient (Wildman–Crippen LogP) is 3.87. The number of non-ortho nitro benzene ring substituents is 1. The number of nitro benzene ring substituents is 1. The minimum absolute atomic E-state index is 0. The first-order valence-corrected chi connectivity index (χ1v) is 9.25. The molecule has 0 saturated carbocycles. The molecule has 2 heterocycles. The number of piperazine rings is 1. The lowest BCUT2D eigenvalue weighted by Crippen LogP contribution is -2.45. The number of hydrogen-bond donors (Lipinski definition) is 1. The lowest BCUT2D eigenvalue weighted by Gasteiger charge is -2.35. The first-order chi connectivity index (χ1) is 13.6. The van der Waals surface area contributed by atoms with Gasteiger partial charge in [0, 0.05) is 48.4 Å². The van der Waals surface area contributed by atoms with E-state index >= 15 is 0 Å². The molecule has 1 N–H and O–H groups in total. The van der Waals surface area contributed by atoms with Crippen molar-refractivity contribution in [2.75, 3.05) is 19.6 Å². The van der Waals surface area contributed by atoms with E-state index in [1.54, 1.807) is 12.1 Å². The van der Waals surface area contributed by atoms with E-state index < -0.39 is 4.92 Å². The van der Waals surface area contributed by atoms with Gasteiger partial charge in [0.25, 0.3) is 5.69 Å². The Kier molecular flexibility index (Phi) is 6.81. The van der Waals surface area contributed by atoms with Crippen LogP contribution in [0.3, 0.4) is 0 Å². The first kappa shape index (κ1) is 21.2. The van der Waals surface area contributed by atoms with Crippen LogP contribution in [0.2, 0.25) is 5.02 Å². The van der Waals surface area contributed by atoms with Crippen LogP contribution < -0.4 is 5.32 Å². The maximum Gasteiger partial charge on any atom is 0.269 e. The van der Waals surface area contributed by atoms with Crippen LogP contribution in [-0.4, -0.2) is 39.6 Å². The molecule has 0 spiro atoms. The highest BCUT2D eigenvalue weighted by Crippen LogP contribution is 2.27. The summed E-state index contributed by atoms with van der Waals surface area (Å²) in [5.74, 6) is 0.918. The molecular weight excluding hydrogens is 417 g/mol. The number of nitrogens with zero attached hydrogens (tertiary/aromatic N) is 4. The lowest BCUT2D eigenvalue weighted by molar-refractivity contribution is -0.384. The molecule has 0 bridgehead atoms. The fraction of sp³-hybridized carbons (Fsp3) is 0.263. The van der Waals surface area contributed by atoms with E-state index in [1.165, 1.54) is 12.1 Å². The molecule has 152 valence electrons. The number of halogens is 2. The molecular formula is C19H19Cl2N5O3. The number of nitro groups is 1. The third-order valence-electron chi connectivity index (χ3n) is 4.73. The second kappa shape index (κ2) is 9.32. The number of nitrogens with one attached hydrogen (secondary N) is 1. The molecule has 4 rings (SSSR count). The summed E-state index contributed by atoms with van der Waals surface area (Å²) in [6.07, 6.45) is 0. The molecule has 1 saturated heterocycles. The van der Waals surface area contributed by atoms with Gasteiger partial charge in [-0.3, -0.25) is 15.0 Å². The van der Waals surface area contributed by atoms with Gasteiger partial charge in [-0.1, -0.05) is 28.9 Å². The summed E-state index contributed by atoms with van der Waals surface area (Å²) in [7, 11) is 0. The molecule has 1 atom stereocenters. The zero-order chi connectivity index (χ0) is 19.5. The fourth-order valence-corrected chi connectivity index (χ4v) is 3.52. The summed E-state index contributed by atoms with van der Waals surface area (Å²) in [5, 5.41) is 18.9. The van der Waals surface area contributed by atoms with Gasteiger partial charge in [-0.05, 0) is 29.8 Å². The highest BCUT2D eigenvalue weighted by Gasteiger charge is 2.26. The van der Waals surface area contributed by atoms with Crippen molar-refractivity contribution in [2.24, 2.45) is 0 Å². The van der Waals surface area contributed by atoms with Crippen LogP contribution >= 0.6 is 24.0 Å². The second-order valence-electron chi connectivity index (χ2n) is 6.56. The number of benzene rings is 2. The first-order valence-electron chi connectivity index (χ1n) is 8.88. The normalized spacial score (nSPS) is 16.9. The van der Waals surface area contributed by atoms with Gasteiger partial charge < -0.3 is 9.84 Å². The Labute approximate surface area is 178 Å². The summed E-state index contributed by atoms with van der Waals surface area (Å²) in [6, 6.07) is 14.1. The third-order valence-corrected chi connectivity index (χ3v) is 4.97. The van der Waals surface area contributed by atoms with E-state index in [4.69, 9.17) is 16.1 Å². The Hall–Kier alpha value is -2.52. The molecule has 1 fully saturated rings. The van der Waals surface area contributed by atoms with E-state index in [1.807, 2.05) is 18.2 Å². The summed E-state index contributed by atoms with van der Waals surface area (Å²) in [6.45, 7) is 3.04. The molecule has 0 amide bonds. The second-order valence-corrected chi connectivity index (χ2v) is 7.00. The van der Waals surface area contributed by atoms with Crippen molar-refractivity contribution in [1.29, 1.82) is 0 Å². The Bertz CT molecular complexity index is 980. The van der Waals surface area contributed by atoms with E-state index in [0.717, 1.165) is 25.2 Å². The molecule has 29 heavy (non-hydrogen) atoms. The molecule has 1 unspecified atom stereocenters. The van der Waals surface area contributed by atoms with Gasteiger partial charge in [0.05, 0.1) is 11.5 Å². The topological polar surface area (TPSA) is 97.3 Å². The Morgan fingerprint density at radius 3 is 2.79 bits per heavy atom. The summed E-state index contributed by atoms with van der Waals surface area (Å²) in [4.78, 5) is 17.1. The molecule has 0 radical (unpaired) electrons. The minimum Gasteiger partial charge on any atom is -0.338 e. The number of aromatic nitrogens is 2. The highest BCUT2D eigenvalue weighted by molar-refractivity contribution is 6.30. The standard InChI is InChI=1S/C19H18ClN5O3.ClH/c20-15-3-1-2-14(10-15)17-11-21-8-9-24(17)12-18-22-19(23-28-18)13-4-6-16(7-5-13)25(26)27;/h1-7,10,17,21H,8-9,11-12H2;1H. The van der Waals surface area contributed by atoms with Gasteiger partial charge in [0.1, 0.15) is 0 Å². The van der Waals surface area contributed by atoms with Crippen LogP contribution in [-0.2, 0) is 6.54 Å². The van der Waals surface area contributed by atoms with Crippen molar-refractivity contribution >= 4 is 29.7 Å². The minimum atomic E-state index is -0.439. The van der Waals surface area contributed by atoms with Crippen molar-refractivity contribution in [1.82, 2.24) is 20.4 Å². The zero-order valence-corrected chi connectivity index (χ0v) is 16.9. The number of hydrogen-bond acceptors (Lipinski definition) is 7. The van der Waals surface area contributed by atoms with Crippen LogP contribution in [0.25, 0.3) is 11.4 Å². The van der Waals surface area contributed by atoms with Crippen LogP contribution in [0, 0.1) is 10.1 Å². The van der Waals surface area contributed by atoms with E-state index in [0.29, 0.717) is 28.8 Å². The average molecular weight is 436 g/mol. The monoisotopic (exact) mass is 435 g/mol. The van der Waals surface area contributed by atoms with Gasteiger partial charge >= 0.3 is 0 Å². The highest BCUT2D eigenvalue weighted by atomic mass is 35.5. The smallest absolute Gasteiger partial charge is 0.269 e. The molecule has 8 nitrogen and oxygen atoms in total. The summed E-state index contributed by atoms with van der Waals surface area (Å²) < 4.78 is 5.42. The summed E-state index contributed by atoms with van der Waals surface area (Å²) in [5.41, 5.74) is 1.83. The van der Waals surface area contributed by atoms with Gasteiger partial charge in [-0.15, -0.1) is 12.4 Å². The maximum atomic E-state index is 10.8. The molecule has 2 aromatic carbocycles. The van der Waals surface area contributed by atoms with Crippen LogP contribution in [0.15, 0.2) is 53.1 Å². The largest absolute Gasteiger partial charge is 0.338 e.